The van der Waals surface area contributed by atoms with Crippen molar-refractivity contribution in [1.82, 2.24) is 4.98 Å². The summed E-state index contributed by atoms with van der Waals surface area (Å²) in [5.41, 5.74) is 2.75. The third-order valence-electron chi connectivity index (χ3n) is 3.00. The van der Waals surface area contributed by atoms with Gasteiger partial charge in [-0.1, -0.05) is 0 Å². The Hall–Kier alpha value is -2.63. The van der Waals surface area contributed by atoms with Crippen molar-refractivity contribution < 1.29 is 4.92 Å². The lowest BCUT2D eigenvalue weighted by molar-refractivity contribution is -0.384. The van der Waals surface area contributed by atoms with E-state index in [1.807, 2.05) is 25.1 Å². The monoisotopic (exact) mass is 286 g/mol. The largest absolute Gasteiger partial charge is 0.385 e. The minimum Gasteiger partial charge on any atom is -0.385 e. The molecule has 0 aliphatic heterocycles. The number of nitrogens with one attached hydrogen (secondary N) is 2. The molecule has 1 aromatic carbocycles. The molecule has 0 unspecified atom stereocenters. The quantitative estimate of drug-likeness (QED) is 0.604. The fourth-order valence-electron chi connectivity index (χ4n) is 2.03. The zero-order valence-electron chi connectivity index (χ0n) is 11.9. The van der Waals surface area contributed by atoms with Gasteiger partial charge < -0.3 is 10.6 Å². The number of hydrogen-bond acceptors (Lipinski definition) is 5. The van der Waals surface area contributed by atoms with E-state index in [-0.39, 0.29) is 10.6 Å². The topological polar surface area (TPSA) is 80.1 Å². The first-order chi connectivity index (χ1) is 10.2. The third kappa shape index (κ3) is 4.45. The molecule has 0 bridgehead atoms. The fourth-order valence-corrected chi connectivity index (χ4v) is 2.03. The highest BCUT2D eigenvalue weighted by Crippen LogP contribution is 2.24. The van der Waals surface area contributed by atoms with E-state index in [2.05, 4.69) is 15.6 Å². The molecule has 6 nitrogen and oxygen atoms in total. The van der Waals surface area contributed by atoms with Crippen molar-refractivity contribution in [3.63, 3.8) is 0 Å². The standard InChI is InChI=1S/C15H18N4O2/c1-2-17-13-9-14(11-15(10-13)19(20)21)18-8-5-12-3-6-16-7-4-12/h3-4,6-7,9-11,17-18H,2,5,8H2,1H3. The summed E-state index contributed by atoms with van der Waals surface area (Å²) >= 11 is 0. The number of aromatic nitrogens is 1. The first kappa shape index (κ1) is 14.8. The van der Waals surface area contributed by atoms with Gasteiger partial charge in [0, 0.05) is 49.0 Å². The summed E-state index contributed by atoms with van der Waals surface area (Å²) in [5, 5.41) is 17.3. The predicted octanol–water partition coefficient (Wildman–Crippen LogP) is 3.08. The van der Waals surface area contributed by atoms with Crippen LogP contribution in [0.15, 0.2) is 42.7 Å². The zero-order valence-corrected chi connectivity index (χ0v) is 11.9. The Morgan fingerprint density at radius 2 is 1.81 bits per heavy atom. The third-order valence-corrected chi connectivity index (χ3v) is 3.00. The summed E-state index contributed by atoms with van der Waals surface area (Å²) in [6.45, 7) is 3.38. The minimum absolute atomic E-state index is 0.0832. The van der Waals surface area contributed by atoms with Gasteiger partial charge >= 0.3 is 0 Å². The van der Waals surface area contributed by atoms with E-state index in [1.54, 1.807) is 18.5 Å². The maximum atomic E-state index is 10.9. The van der Waals surface area contributed by atoms with Crippen LogP contribution in [0.25, 0.3) is 0 Å². The van der Waals surface area contributed by atoms with Gasteiger partial charge in [0.25, 0.3) is 5.69 Å². The van der Waals surface area contributed by atoms with E-state index in [0.717, 1.165) is 24.3 Å². The van der Waals surface area contributed by atoms with Crippen LogP contribution in [0.3, 0.4) is 0 Å². The molecule has 0 atom stereocenters. The number of hydrogen-bond donors (Lipinski definition) is 2. The van der Waals surface area contributed by atoms with Gasteiger partial charge in [-0.05, 0) is 37.1 Å². The van der Waals surface area contributed by atoms with Gasteiger partial charge in [-0.2, -0.15) is 0 Å². The van der Waals surface area contributed by atoms with E-state index < -0.39 is 0 Å². The minimum atomic E-state index is -0.380. The lowest BCUT2D eigenvalue weighted by Gasteiger charge is -2.09. The Kier molecular flexibility index (Phi) is 5.09. The molecule has 2 aromatic rings. The summed E-state index contributed by atoms with van der Waals surface area (Å²) in [6, 6.07) is 8.88. The van der Waals surface area contributed by atoms with Crippen LogP contribution in [-0.2, 0) is 6.42 Å². The van der Waals surface area contributed by atoms with Gasteiger partial charge in [-0.3, -0.25) is 15.1 Å². The molecule has 0 aliphatic carbocycles. The van der Waals surface area contributed by atoms with E-state index in [4.69, 9.17) is 0 Å². The van der Waals surface area contributed by atoms with E-state index in [1.165, 1.54) is 11.6 Å². The first-order valence-corrected chi connectivity index (χ1v) is 6.85. The summed E-state index contributed by atoms with van der Waals surface area (Å²) in [4.78, 5) is 14.5. The highest BCUT2D eigenvalue weighted by atomic mass is 16.6. The molecular formula is C15H18N4O2. The van der Waals surface area contributed by atoms with Gasteiger partial charge in [0.15, 0.2) is 0 Å². The summed E-state index contributed by atoms with van der Waals surface area (Å²) in [6.07, 6.45) is 4.35. The number of pyridine rings is 1. The molecule has 0 spiro atoms. The van der Waals surface area contributed by atoms with Crippen molar-refractivity contribution in [3.8, 4) is 0 Å². The molecule has 0 fully saturated rings. The van der Waals surface area contributed by atoms with E-state index in [0.29, 0.717) is 6.54 Å². The molecule has 110 valence electrons. The van der Waals surface area contributed by atoms with Crippen LogP contribution in [0.1, 0.15) is 12.5 Å². The van der Waals surface area contributed by atoms with Crippen molar-refractivity contribution in [2.24, 2.45) is 0 Å². The van der Waals surface area contributed by atoms with Crippen LogP contribution < -0.4 is 10.6 Å². The van der Waals surface area contributed by atoms with Crippen molar-refractivity contribution in [3.05, 3.63) is 58.4 Å². The van der Waals surface area contributed by atoms with Crippen LogP contribution >= 0.6 is 0 Å². The number of non-ortho nitro benzene ring substituents is 1. The summed E-state index contributed by atoms with van der Waals surface area (Å²) < 4.78 is 0. The molecule has 2 N–H and O–H groups in total. The zero-order chi connectivity index (χ0) is 15.1. The molecule has 0 amide bonds. The molecule has 2 rings (SSSR count). The van der Waals surface area contributed by atoms with Gasteiger partial charge in [-0.15, -0.1) is 0 Å². The molecular weight excluding hydrogens is 268 g/mol. The van der Waals surface area contributed by atoms with Gasteiger partial charge in [0.2, 0.25) is 0 Å². The predicted molar refractivity (Wildman–Crippen MR) is 83.7 cm³/mol. The number of benzene rings is 1. The molecule has 21 heavy (non-hydrogen) atoms. The molecule has 1 heterocycles. The number of rotatable bonds is 7. The number of nitrogens with zero attached hydrogens (tertiary/aromatic N) is 2. The van der Waals surface area contributed by atoms with Gasteiger partial charge in [0.1, 0.15) is 0 Å². The second-order valence-electron chi connectivity index (χ2n) is 4.59. The Labute approximate surface area is 123 Å². The normalized spacial score (nSPS) is 10.1. The van der Waals surface area contributed by atoms with Crippen molar-refractivity contribution in [2.45, 2.75) is 13.3 Å². The maximum absolute atomic E-state index is 10.9. The average molecular weight is 286 g/mol. The molecule has 0 aliphatic rings. The SMILES string of the molecule is CCNc1cc(NCCc2ccncc2)cc([N+](=O)[O-])c1. The van der Waals surface area contributed by atoms with Crippen molar-refractivity contribution in [1.29, 1.82) is 0 Å². The number of anilines is 2. The van der Waals surface area contributed by atoms with Crippen LogP contribution in [0.2, 0.25) is 0 Å². The Morgan fingerprint density at radius 3 is 2.43 bits per heavy atom. The summed E-state index contributed by atoms with van der Waals surface area (Å²) in [5.74, 6) is 0. The number of nitro groups is 1. The molecule has 0 saturated heterocycles. The lowest BCUT2D eigenvalue weighted by atomic mass is 10.2. The molecule has 0 saturated carbocycles. The fraction of sp³-hybridized carbons (Fsp3) is 0.267. The van der Waals surface area contributed by atoms with Crippen LogP contribution in [0.5, 0.6) is 0 Å². The van der Waals surface area contributed by atoms with Gasteiger partial charge in [-0.25, -0.2) is 0 Å². The Bertz CT molecular complexity index is 602. The van der Waals surface area contributed by atoms with Gasteiger partial charge in [0.05, 0.1) is 4.92 Å². The van der Waals surface area contributed by atoms with Crippen LogP contribution in [0, 0.1) is 10.1 Å². The first-order valence-electron chi connectivity index (χ1n) is 6.85. The van der Waals surface area contributed by atoms with Crippen molar-refractivity contribution in [2.75, 3.05) is 23.7 Å². The Morgan fingerprint density at radius 1 is 1.14 bits per heavy atom. The second kappa shape index (κ2) is 7.23. The highest BCUT2D eigenvalue weighted by Gasteiger charge is 2.09. The smallest absolute Gasteiger partial charge is 0.273 e. The second-order valence-corrected chi connectivity index (χ2v) is 4.59. The van der Waals surface area contributed by atoms with Crippen molar-refractivity contribution >= 4 is 17.1 Å². The maximum Gasteiger partial charge on any atom is 0.273 e. The lowest BCUT2D eigenvalue weighted by Crippen LogP contribution is -2.06. The molecule has 0 radical (unpaired) electrons. The number of nitro benzene ring substituents is 1. The van der Waals surface area contributed by atoms with Crippen LogP contribution in [-0.4, -0.2) is 23.0 Å². The average Bonchev–Trinajstić information content (AvgIpc) is 2.48. The Balaban J connectivity index is 2.03. The van der Waals surface area contributed by atoms with Crippen LogP contribution in [0.4, 0.5) is 17.1 Å². The molecule has 1 aromatic heterocycles. The molecule has 6 heteroatoms. The van der Waals surface area contributed by atoms with E-state index >= 15 is 0 Å². The van der Waals surface area contributed by atoms with E-state index in [9.17, 15) is 10.1 Å². The highest BCUT2D eigenvalue weighted by molar-refractivity contribution is 5.63. The summed E-state index contributed by atoms with van der Waals surface area (Å²) in [7, 11) is 0.